The van der Waals surface area contributed by atoms with Crippen LogP contribution in [0.5, 0.6) is 0 Å². The van der Waals surface area contributed by atoms with Crippen molar-refractivity contribution < 1.29 is 14.4 Å². The molecule has 2 heterocycles. The molecule has 0 saturated carbocycles. The van der Waals surface area contributed by atoms with E-state index in [2.05, 4.69) is 33.9 Å². The predicted octanol–water partition coefficient (Wildman–Crippen LogP) is 7.37. The number of thiophene rings is 1. The van der Waals surface area contributed by atoms with E-state index >= 15 is 0 Å². The molecule has 10 heteroatoms. The fourth-order valence-corrected chi connectivity index (χ4v) is 7.49. The lowest BCUT2D eigenvalue weighted by atomic mass is 9.89. The highest BCUT2D eigenvalue weighted by atomic mass is 32.2. The quantitative estimate of drug-likeness (QED) is 0.0984. The van der Waals surface area contributed by atoms with E-state index < -0.39 is 11.8 Å². The van der Waals surface area contributed by atoms with Gasteiger partial charge in [0.25, 0.3) is 11.8 Å². The number of thioether (sulfide) groups is 1. The van der Waals surface area contributed by atoms with Crippen molar-refractivity contribution in [2.45, 2.75) is 31.1 Å². The third kappa shape index (κ3) is 7.07. The summed E-state index contributed by atoms with van der Waals surface area (Å²) in [7, 11) is 0. The summed E-state index contributed by atoms with van der Waals surface area (Å²) in [4.78, 5) is 44.5. The molecule has 46 heavy (non-hydrogen) atoms. The molecule has 0 bridgehead atoms. The van der Waals surface area contributed by atoms with Crippen LogP contribution in [0.3, 0.4) is 0 Å². The standard InChI is InChI=1S/C36H31N5O3S2/c1-22-11-16-28-29(19-37)36(46-32(28)17-22)41-33(42)21-45-26-14-12-25(13-15-26)39-35(44)31(40-34(43)23-7-3-2-4-8-23)18-24-20-38-30-10-6-5-9-27(24)30/h2-10,12-15,18,20,22,38H,11,16-17,21H2,1H3,(H,39,44)(H,40,43)(H,41,42)/b31-18-. The fraction of sp³-hybridized carbons (Fsp3) is 0.167. The number of carbonyl (C=O) groups excluding carboxylic acids is 3. The minimum atomic E-state index is -0.476. The second kappa shape index (κ2) is 13.9. The van der Waals surface area contributed by atoms with E-state index in [9.17, 15) is 19.6 Å². The summed E-state index contributed by atoms with van der Waals surface area (Å²) >= 11 is 2.88. The number of nitrogens with one attached hydrogen (secondary N) is 4. The van der Waals surface area contributed by atoms with Crippen molar-refractivity contribution in [1.29, 1.82) is 5.26 Å². The van der Waals surface area contributed by atoms with Gasteiger partial charge >= 0.3 is 0 Å². The normalized spacial score (nSPS) is 14.3. The van der Waals surface area contributed by atoms with Gasteiger partial charge in [0.1, 0.15) is 16.8 Å². The van der Waals surface area contributed by atoms with E-state index in [1.807, 2.05) is 42.5 Å². The lowest BCUT2D eigenvalue weighted by Gasteiger charge is -2.17. The van der Waals surface area contributed by atoms with Gasteiger partial charge in [0.05, 0.1) is 11.3 Å². The highest BCUT2D eigenvalue weighted by molar-refractivity contribution is 8.00. The molecule has 2 aromatic heterocycles. The molecule has 0 spiro atoms. The van der Waals surface area contributed by atoms with Crippen LogP contribution in [-0.2, 0) is 22.4 Å². The van der Waals surface area contributed by atoms with Gasteiger partial charge in [0, 0.05) is 43.7 Å². The van der Waals surface area contributed by atoms with E-state index in [1.165, 1.54) is 28.0 Å². The summed E-state index contributed by atoms with van der Waals surface area (Å²) < 4.78 is 0. The highest BCUT2D eigenvalue weighted by Crippen LogP contribution is 2.39. The van der Waals surface area contributed by atoms with Gasteiger partial charge in [-0.3, -0.25) is 14.4 Å². The van der Waals surface area contributed by atoms with Crippen molar-refractivity contribution in [2.24, 2.45) is 5.92 Å². The third-order valence-electron chi connectivity index (χ3n) is 7.81. The van der Waals surface area contributed by atoms with Crippen LogP contribution in [0.25, 0.3) is 17.0 Å². The number of anilines is 2. The second-order valence-corrected chi connectivity index (χ2v) is 13.3. The van der Waals surface area contributed by atoms with Crippen LogP contribution in [0.2, 0.25) is 0 Å². The molecule has 0 aliphatic heterocycles. The van der Waals surface area contributed by atoms with Crippen LogP contribution in [-0.4, -0.2) is 28.5 Å². The first kappa shape index (κ1) is 30.9. The number of rotatable bonds is 9. The Balaban J connectivity index is 1.11. The Kier molecular flexibility index (Phi) is 9.33. The monoisotopic (exact) mass is 645 g/mol. The number of H-pyrrole nitrogens is 1. The van der Waals surface area contributed by atoms with Crippen molar-refractivity contribution in [3.05, 3.63) is 118 Å². The Morgan fingerprint density at radius 2 is 1.78 bits per heavy atom. The zero-order chi connectivity index (χ0) is 32.0. The maximum Gasteiger partial charge on any atom is 0.272 e. The zero-order valence-electron chi connectivity index (χ0n) is 25.1. The van der Waals surface area contributed by atoms with Crippen LogP contribution in [0, 0.1) is 17.2 Å². The van der Waals surface area contributed by atoms with Crippen LogP contribution < -0.4 is 16.0 Å². The number of hydrogen-bond acceptors (Lipinski definition) is 6. The summed E-state index contributed by atoms with van der Waals surface area (Å²) in [6, 6.07) is 25.9. The SMILES string of the molecule is CC1CCc2c(sc(NC(=O)CSc3ccc(NC(=O)/C(=C/c4c[nH]c5ccccc45)NC(=O)c4ccccc4)cc3)c2C#N)C1. The van der Waals surface area contributed by atoms with Crippen LogP contribution >= 0.6 is 23.1 Å². The molecular formula is C36H31N5O3S2. The Morgan fingerprint density at radius 1 is 1.02 bits per heavy atom. The van der Waals surface area contributed by atoms with E-state index in [4.69, 9.17) is 0 Å². The minimum Gasteiger partial charge on any atom is -0.361 e. The Bertz CT molecular complexity index is 1990. The van der Waals surface area contributed by atoms with E-state index in [0.29, 0.717) is 27.7 Å². The molecule has 0 saturated heterocycles. The molecule has 0 radical (unpaired) electrons. The molecule has 1 aliphatic carbocycles. The van der Waals surface area contributed by atoms with Gasteiger partial charge in [-0.25, -0.2) is 0 Å². The van der Waals surface area contributed by atoms with Gasteiger partial charge in [-0.15, -0.1) is 23.1 Å². The minimum absolute atomic E-state index is 0.0928. The second-order valence-electron chi connectivity index (χ2n) is 11.2. The van der Waals surface area contributed by atoms with E-state index in [1.54, 1.807) is 48.7 Å². The predicted molar refractivity (Wildman–Crippen MR) is 185 cm³/mol. The lowest BCUT2D eigenvalue weighted by Crippen LogP contribution is -2.30. The number of para-hydroxylation sites is 1. The number of nitrogens with zero attached hydrogens (tertiary/aromatic N) is 1. The van der Waals surface area contributed by atoms with Crippen LogP contribution in [0.15, 0.2) is 95.7 Å². The molecule has 0 fully saturated rings. The number of aromatic amines is 1. The molecule has 1 atom stereocenters. The summed E-state index contributed by atoms with van der Waals surface area (Å²) in [5, 5.41) is 19.9. The van der Waals surface area contributed by atoms with Gasteiger partial charge in [-0.05, 0) is 79.3 Å². The summed E-state index contributed by atoms with van der Waals surface area (Å²) in [5.74, 6) is -0.286. The molecule has 1 aliphatic rings. The average molecular weight is 646 g/mol. The number of amides is 3. The van der Waals surface area contributed by atoms with Gasteiger partial charge in [0.2, 0.25) is 5.91 Å². The molecular weight excluding hydrogens is 615 g/mol. The topological polar surface area (TPSA) is 127 Å². The van der Waals surface area contributed by atoms with Crippen molar-refractivity contribution in [3.8, 4) is 6.07 Å². The molecule has 3 amide bonds. The van der Waals surface area contributed by atoms with Crippen molar-refractivity contribution >= 4 is 68.5 Å². The Morgan fingerprint density at radius 3 is 2.57 bits per heavy atom. The van der Waals surface area contributed by atoms with Crippen LogP contribution in [0.4, 0.5) is 10.7 Å². The first-order valence-electron chi connectivity index (χ1n) is 14.9. The Labute approximate surface area is 274 Å². The van der Waals surface area contributed by atoms with Crippen molar-refractivity contribution in [1.82, 2.24) is 10.3 Å². The smallest absolute Gasteiger partial charge is 0.272 e. The van der Waals surface area contributed by atoms with Gasteiger partial charge in [-0.1, -0.05) is 43.3 Å². The number of benzene rings is 3. The summed E-state index contributed by atoms with van der Waals surface area (Å²) in [5.41, 5.74) is 4.43. The van der Waals surface area contributed by atoms with E-state index in [-0.39, 0.29) is 17.4 Å². The molecule has 230 valence electrons. The van der Waals surface area contributed by atoms with E-state index in [0.717, 1.165) is 46.2 Å². The third-order valence-corrected chi connectivity index (χ3v) is 9.99. The van der Waals surface area contributed by atoms with Crippen molar-refractivity contribution in [3.63, 3.8) is 0 Å². The number of carbonyl (C=O) groups is 3. The molecule has 6 rings (SSSR count). The largest absolute Gasteiger partial charge is 0.361 e. The molecule has 5 aromatic rings. The fourth-order valence-electron chi connectivity index (χ4n) is 5.41. The average Bonchev–Trinajstić information content (AvgIpc) is 3.64. The lowest BCUT2D eigenvalue weighted by molar-refractivity contribution is -0.114. The van der Waals surface area contributed by atoms with Crippen LogP contribution in [0.1, 0.15) is 45.3 Å². The zero-order valence-corrected chi connectivity index (χ0v) is 26.7. The molecule has 3 aromatic carbocycles. The first-order valence-corrected chi connectivity index (χ1v) is 16.7. The van der Waals surface area contributed by atoms with Gasteiger partial charge in [0.15, 0.2) is 0 Å². The van der Waals surface area contributed by atoms with Crippen molar-refractivity contribution in [2.75, 3.05) is 16.4 Å². The highest BCUT2D eigenvalue weighted by Gasteiger charge is 2.24. The van der Waals surface area contributed by atoms with Gasteiger partial charge in [-0.2, -0.15) is 5.26 Å². The maximum absolute atomic E-state index is 13.5. The number of fused-ring (bicyclic) bond motifs is 2. The number of aromatic nitrogens is 1. The molecule has 4 N–H and O–H groups in total. The molecule has 8 nitrogen and oxygen atoms in total. The first-order chi connectivity index (χ1) is 22.4. The Hall–Kier alpha value is -5.11. The number of hydrogen-bond donors (Lipinski definition) is 4. The summed E-state index contributed by atoms with van der Waals surface area (Å²) in [6.45, 7) is 2.21. The molecule has 1 unspecified atom stereocenters. The summed E-state index contributed by atoms with van der Waals surface area (Å²) in [6.07, 6.45) is 6.33. The van der Waals surface area contributed by atoms with Gasteiger partial charge < -0.3 is 20.9 Å². The number of nitriles is 1. The maximum atomic E-state index is 13.5.